The Balaban J connectivity index is 2.22. The van der Waals surface area contributed by atoms with Gasteiger partial charge in [0, 0.05) is 24.8 Å². The predicted molar refractivity (Wildman–Crippen MR) is 116 cm³/mol. The minimum atomic E-state index is -4.46. The maximum Gasteiger partial charge on any atom is 0.416 e. The van der Waals surface area contributed by atoms with E-state index in [1.165, 1.54) is 18.3 Å². The SMILES string of the molecule is CCC(CC(C)c1cnc(F)c(-c2ccc(C(F)(F)F)cc2)c1)N(C)C(=O)OC(C)(C)C. The van der Waals surface area contributed by atoms with Gasteiger partial charge < -0.3 is 9.64 Å². The number of nitrogens with zero attached hydrogens (tertiary/aromatic N) is 2. The number of hydrogen-bond donors (Lipinski definition) is 0. The van der Waals surface area contributed by atoms with Gasteiger partial charge in [-0.15, -0.1) is 0 Å². The van der Waals surface area contributed by atoms with E-state index in [4.69, 9.17) is 4.74 Å². The number of amides is 1. The third-order valence-electron chi connectivity index (χ3n) is 5.28. The molecule has 0 saturated carbocycles. The number of ether oxygens (including phenoxy) is 1. The van der Waals surface area contributed by atoms with Crippen LogP contribution >= 0.6 is 0 Å². The minimum absolute atomic E-state index is 0.0777. The van der Waals surface area contributed by atoms with E-state index in [1.54, 1.807) is 38.8 Å². The first-order valence-electron chi connectivity index (χ1n) is 10.5. The number of halogens is 4. The Morgan fingerprint density at radius 1 is 1.16 bits per heavy atom. The lowest BCUT2D eigenvalue weighted by Crippen LogP contribution is -2.41. The second-order valence-corrected chi connectivity index (χ2v) is 8.97. The van der Waals surface area contributed by atoms with E-state index < -0.39 is 29.4 Å². The first kappa shape index (κ1) is 25.6. The number of carbonyl (C=O) groups excluding carboxylic acids is 1. The second kappa shape index (κ2) is 9.88. The number of rotatable bonds is 6. The molecule has 1 aromatic carbocycles. The van der Waals surface area contributed by atoms with Gasteiger partial charge in [-0.05, 0) is 68.9 Å². The molecule has 0 radical (unpaired) electrons. The van der Waals surface area contributed by atoms with Gasteiger partial charge in [0.15, 0.2) is 0 Å². The molecule has 176 valence electrons. The number of aromatic nitrogens is 1. The van der Waals surface area contributed by atoms with E-state index in [0.29, 0.717) is 18.4 Å². The van der Waals surface area contributed by atoms with Gasteiger partial charge in [0.05, 0.1) is 5.56 Å². The van der Waals surface area contributed by atoms with Crippen LogP contribution in [0.3, 0.4) is 0 Å². The van der Waals surface area contributed by atoms with E-state index in [1.807, 2.05) is 13.8 Å². The van der Waals surface area contributed by atoms with Crippen molar-refractivity contribution in [1.82, 2.24) is 9.88 Å². The maximum atomic E-state index is 14.4. The van der Waals surface area contributed by atoms with Gasteiger partial charge in [-0.3, -0.25) is 0 Å². The Morgan fingerprint density at radius 2 is 1.75 bits per heavy atom. The molecular weight excluding hydrogens is 424 g/mol. The zero-order valence-electron chi connectivity index (χ0n) is 19.3. The van der Waals surface area contributed by atoms with Crippen molar-refractivity contribution in [1.29, 1.82) is 0 Å². The maximum absolute atomic E-state index is 14.4. The predicted octanol–water partition coefficient (Wildman–Crippen LogP) is 7.05. The van der Waals surface area contributed by atoms with Crippen LogP contribution in [0.15, 0.2) is 36.5 Å². The summed E-state index contributed by atoms with van der Waals surface area (Å²) in [6.07, 6.45) is -2.17. The van der Waals surface area contributed by atoms with Crippen LogP contribution in [0.25, 0.3) is 11.1 Å². The van der Waals surface area contributed by atoms with Crippen LogP contribution < -0.4 is 0 Å². The van der Waals surface area contributed by atoms with Crippen molar-refractivity contribution in [2.45, 2.75) is 71.2 Å². The van der Waals surface area contributed by atoms with Crippen molar-refractivity contribution in [2.75, 3.05) is 7.05 Å². The first-order chi connectivity index (χ1) is 14.7. The molecule has 2 unspecified atom stereocenters. The van der Waals surface area contributed by atoms with Gasteiger partial charge in [-0.2, -0.15) is 17.6 Å². The van der Waals surface area contributed by atoms with Crippen molar-refractivity contribution < 1.29 is 27.1 Å². The third-order valence-corrected chi connectivity index (χ3v) is 5.28. The van der Waals surface area contributed by atoms with Gasteiger partial charge in [-0.25, -0.2) is 9.78 Å². The molecule has 0 spiro atoms. The van der Waals surface area contributed by atoms with Crippen molar-refractivity contribution in [3.63, 3.8) is 0 Å². The zero-order chi connectivity index (χ0) is 24.3. The lowest BCUT2D eigenvalue weighted by atomic mass is 9.91. The summed E-state index contributed by atoms with van der Waals surface area (Å²) in [4.78, 5) is 17.8. The van der Waals surface area contributed by atoms with Crippen molar-refractivity contribution in [3.8, 4) is 11.1 Å². The average Bonchev–Trinajstić information content (AvgIpc) is 2.69. The number of alkyl halides is 3. The molecule has 8 heteroatoms. The monoisotopic (exact) mass is 454 g/mol. The molecule has 1 amide bonds. The van der Waals surface area contributed by atoms with Crippen LogP contribution in [0, 0.1) is 5.95 Å². The normalized spacial score (nSPS) is 14.1. The molecule has 32 heavy (non-hydrogen) atoms. The van der Waals surface area contributed by atoms with Crippen LogP contribution in [-0.2, 0) is 10.9 Å². The summed E-state index contributed by atoms with van der Waals surface area (Å²) in [5.41, 5.74) is -0.216. The molecule has 0 aliphatic carbocycles. The highest BCUT2D eigenvalue weighted by Crippen LogP contribution is 2.33. The molecule has 0 bridgehead atoms. The molecule has 0 N–H and O–H groups in total. The molecule has 0 aliphatic rings. The van der Waals surface area contributed by atoms with Gasteiger partial charge >= 0.3 is 12.3 Å². The number of benzene rings is 1. The lowest BCUT2D eigenvalue weighted by Gasteiger charge is -2.31. The third kappa shape index (κ3) is 6.68. The fraction of sp³-hybridized carbons (Fsp3) is 0.500. The van der Waals surface area contributed by atoms with Gasteiger partial charge in [0.25, 0.3) is 0 Å². The van der Waals surface area contributed by atoms with Crippen molar-refractivity contribution >= 4 is 6.09 Å². The number of carbonyl (C=O) groups is 1. The summed E-state index contributed by atoms with van der Waals surface area (Å²) in [6, 6.07) is 5.82. The second-order valence-electron chi connectivity index (χ2n) is 8.97. The van der Waals surface area contributed by atoms with Crippen LogP contribution in [0.1, 0.15) is 64.5 Å². The lowest BCUT2D eigenvalue weighted by molar-refractivity contribution is -0.137. The highest BCUT2D eigenvalue weighted by molar-refractivity contribution is 5.68. The highest BCUT2D eigenvalue weighted by Gasteiger charge is 2.30. The summed E-state index contributed by atoms with van der Waals surface area (Å²) in [7, 11) is 1.69. The van der Waals surface area contributed by atoms with Crippen LogP contribution in [0.5, 0.6) is 0 Å². The van der Waals surface area contributed by atoms with Gasteiger partial charge in [0.1, 0.15) is 5.60 Å². The van der Waals surface area contributed by atoms with E-state index in [2.05, 4.69) is 4.98 Å². The molecule has 4 nitrogen and oxygen atoms in total. The molecule has 2 rings (SSSR count). The Kier molecular flexibility index (Phi) is 7.91. The molecule has 1 heterocycles. The number of pyridine rings is 1. The largest absolute Gasteiger partial charge is 0.444 e. The minimum Gasteiger partial charge on any atom is -0.444 e. The average molecular weight is 455 g/mol. The molecule has 2 atom stereocenters. The van der Waals surface area contributed by atoms with E-state index in [0.717, 1.165) is 17.7 Å². The molecule has 0 aliphatic heterocycles. The quantitative estimate of drug-likeness (QED) is 0.347. The summed E-state index contributed by atoms with van der Waals surface area (Å²) in [6.45, 7) is 9.31. The van der Waals surface area contributed by atoms with Gasteiger partial charge in [0.2, 0.25) is 5.95 Å². The van der Waals surface area contributed by atoms with Gasteiger partial charge in [-0.1, -0.05) is 26.0 Å². The summed E-state index contributed by atoms with van der Waals surface area (Å²) in [5, 5.41) is 0. The Hall–Kier alpha value is -2.64. The van der Waals surface area contributed by atoms with Crippen molar-refractivity contribution in [3.05, 3.63) is 53.6 Å². The summed E-state index contributed by atoms with van der Waals surface area (Å²) < 4.78 is 58.3. The van der Waals surface area contributed by atoms with Crippen LogP contribution in [0.2, 0.25) is 0 Å². The first-order valence-corrected chi connectivity index (χ1v) is 10.5. The highest BCUT2D eigenvalue weighted by atomic mass is 19.4. The fourth-order valence-corrected chi connectivity index (χ4v) is 3.40. The smallest absolute Gasteiger partial charge is 0.416 e. The fourth-order valence-electron chi connectivity index (χ4n) is 3.40. The summed E-state index contributed by atoms with van der Waals surface area (Å²) >= 11 is 0. The standard InChI is InChI=1S/C24H30F4N2O2/c1-7-19(30(6)22(31)32-23(3,4)5)12-15(2)17-13-20(21(25)29-14-17)16-8-10-18(11-9-16)24(26,27)28/h8-11,13-15,19H,7,12H2,1-6H3. The van der Waals surface area contributed by atoms with Crippen molar-refractivity contribution in [2.24, 2.45) is 0 Å². The number of hydrogen-bond acceptors (Lipinski definition) is 3. The molecular formula is C24H30F4N2O2. The van der Waals surface area contributed by atoms with Crippen LogP contribution in [-0.4, -0.2) is 34.7 Å². The van der Waals surface area contributed by atoms with E-state index in [9.17, 15) is 22.4 Å². The van der Waals surface area contributed by atoms with E-state index >= 15 is 0 Å². The molecule has 2 aromatic rings. The topological polar surface area (TPSA) is 42.4 Å². The zero-order valence-corrected chi connectivity index (χ0v) is 19.3. The Labute approximate surface area is 186 Å². The Morgan fingerprint density at radius 3 is 2.25 bits per heavy atom. The Bertz CT molecular complexity index is 921. The summed E-state index contributed by atoms with van der Waals surface area (Å²) in [5.74, 6) is -0.829. The van der Waals surface area contributed by atoms with E-state index in [-0.39, 0.29) is 17.5 Å². The van der Waals surface area contributed by atoms with Crippen LogP contribution in [0.4, 0.5) is 22.4 Å². The molecule has 0 fully saturated rings. The molecule has 1 aromatic heterocycles. The molecule has 0 saturated heterocycles.